The largest absolute Gasteiger partial charge is 0.452 e. The van der Waals surface area contributed by atoms with Gasteiger partial charge in [0, 0.05) is 5.56 Å². The third-order valence-electron chi connectivity index (χ3n) is 3.27. The van der Waals surface area contributed by atoms with Gasteiger partial charge in [0.15, 0.2) is 6.61 Å². The lowest BCUT2D eigenvalue weighted by Gasteiger charge is -2.04. The fourth-order valence-corrected chi connectivity index (χ4v) is 2.31. The van der Waals surface area contributed by atoms with Crippen molar-refractivity contribution < 1.29 is 13.9 Å². The van der Waals surface area contributed by atoms with Crippen molar-refractivity contribution in [2.45, 2.75) is 20.5 Å². The lowest BCUT2D eigenvalue weighted by Crippen LogP contribution is -2.06. The number of hydrogen-bond acceptors (Lipinski definition) is 5. The van der Waals surface area contributed by atoms with Crippen LogP contribution in [0.2, 0.25) is 0 Å². The molecular weight excluding hydrogens is 292 g/mol. The van der Waals surface area contributed by atoms with E-state index in [1.165, 1.54) is 0 Å². The number of hydrogen-bond donors (Lipinski definition) is 0. The molecule has 0 unspecified atom stereocenters. The van der Waals surface area contributed by atoms with Gasteiger partial charge in [0.05, 0.1) is 5.56 Å². The Hall–Kier alpha value is -2.95. The van der Waals surface area contributed by atoms with Gasteiger partial charge in [-0.25, -0.2) is 4.79 Å². The maximum absolute atomic E-state index is 12.1. The van der Waals surface area contributed by atoms with E-state index in [-0.39, 0.29) is 12.5 Å². The van der Waals surface area contributed by atoms with Gasteiger partial charge in [-0.15, -0.1) is 10.2 Å². The third-order valence-corrected chi connectivity index (χ3v) is 3.27. The highest BCUT2D eigenvalue weighted by Gasteiger charge is 2.12. The van der Waals surface area contributed by atoms with Crippen LogP contribution in [-0.4, -0.2) is 16.2 Å². The molecule has 0 aliphatic rings. The Bertz CT molecular complexity index is 805. The third kappa shape index (κ3) is 3.63. The Labute approximate surface area is 133 Å². The predicted octanol–water partition coefficient (Wildman–Crippen LogP) is 3.71. The summed E-state index contributed by atoms with van der Waals surface area (Å²) in [6, 6.07) is 15.0. The quantitative estimate of drug-likeness (QED) is 0.687. The Morgan fingerprint density at radius 2 is 1.74 bits per heavy atom. The molecular formula is C18H16N2O3. The lowest BCUT2D eigenvalue weighted by atomic mass is 10.1. The highest BCUT2D eigenvalue weighted by molar-refractivity contribution is 5.89. The molecule has 5 nitrogen and oxygen atoms in total. The summed E-state index contributed by atoms with van der Waals surface area (Å²) in [6.45, 7) is 3.83. The summed E-state index contributed by atoms with van der Waals surface area (Å²) in [7, 11) is 0. The number of esters is 1. The summed E-state index contributed by atoms with van der Waals surface area (Å²) >= 11 is 0. The van der Waals surface area contributed by atoms with Crippen molar-refractivity contribution >= 4 is 5.97 Å². The van der Waals surface area contributed by atoms with Crippen molar-refractivity contribution in [2.75, 3.05) is 0 Å². The van der Waals surface area contributed by atoms with Crippen LogP contribution in [0.4, 0.5) is 0 Å². The Balaban J connectivity index is 1.67. The second-order valence-corrected chi connectivity index (χ2v) is 5.32. The van der Waals surface area contributed by atoms with Crippen molar-refractivity contribution in [2.24, 2.45) is 0 Å². The molecule has 0 bridgehead atoms. The number of ether oxygens (including phenoxy) is 1. The van der Waals surface area contributed by atoms with Crippen LogP contribution in [0.25, 0.3) is 11.5 Å². The second-order valence-electron chi connectivity index (χ2n) is 5.32. The van der Waals surface area contributed by atoms with Crippen molar-refractivity contribution in [1.82, 2.24) is 10.2 Å². The van der Waals surface area contributed by atoms with E-state index >= 15 is 0 Å². The molecule has 23 heavy (non-hydrogen) atoms. The summed E-state index contributed by atoms with van der Waals surface area (Å²) < 4.78 is 10.7. The van der Waals surface area contributed by atoms with Crippen LogP contribution in [0.5, 0.6) is 0 Å². The molecule has 2 aromatic carbocycles. The first-order valence-corrected chi connectivity index (χ1v) is 7.25. The van der Waals surface area contributed by atoms with Crippen LogP contribution in [0.15, 0.2) is 52.9 Å². The predicted molar refractivity (Wildman–Crippen MR) is 84.8 cm³/mol. The van der Waals surface area contributed by atoms with Crippen LogP contribution in [0.3, 0.4) is 0 Å². The zero-order valence-electron chi connectivity index (χ0n) is 12.9. The number of carbonyl (C=O) groups excluding carboxylic acids is 1. The fourth-order valence-electron chi connectivity index (χ4n) is 2.31. The van der Waals surface area contributed by atoms with Crippen molar-refractivity contribution in [1.29, 1.82) is 0 Å². The molecule has 0 N–H and O–H groups in total. The molecule has 3 aromatic rings. The van der Waals surface area contributed by atoms with Crippen LogP contribution < -0.4 is 0 Å². The number of nitrogens with zero attached hydrogens (tertiary/aromatic N) is 2. The van der Waals surface area contributed by atoms with Gasteiger partial charge in [0.25, 0.3) is 5.89 Å². The number of carbonyl (C=O) groups is 1. The van der Waals surface area contributed by atoms with Gasteiger partial charge in [-0.05, 0) is 38.1 Å². The molecule has 1 aromatic heterocycles. The molecule has 0 aliphatic heterocycles. The molecule has 0 fully saturated rings. The smallest absolute Gasteiger partial charge is 0.338 e. The maximum atomic E-state index is 12.1. The molecule has 0 spiro atoms. The number of benzene rings is 2. The number of rotatable bonds is 4. The highest BCUT2D eigenvalue weighted by atomic mass is 16.5. The van der Waals surface area contributed by atoms with Crippen LogP contribution in [0.1, 0.15) is 27.4 Å². The SMILES string of the molecule is Cc1cc(C)cc(C(=O)OCc2nnc(-c3ccccc3)o2)c1. The molecule has 0 aliphatic carbocycles. The average Bonchev–Trinajstić information content (AvgIpc) is 3.01. The minimum absolute atomic E-state index is 0.0499. The van der Waals surface area contributed by atoms with Crippen LogP contribution >= 0.6 is 0 Å². The molecule has 5 heteroatoms. The standard InChI is InChI=1S/C18H16N2O3/c1-12-8-13(2)10-15(9-12)18(21)22-11-16-19-20-17(23-16)14-6-4-3-5-7-14/h3-10H,11H2,1-2H3. The molecule has 0 amide bonds. The van der Waals surface area contributed by atoms with E-state index in [4.69, 9.17) is 9.15 Å². The highest BCUT2D eigenvalue weighted by Crippen LogP contribution is 2.17. The van der Waals surface area contributed by atoms with Gasteiger partial charge in [-0.3, -0.25) is 0 Å². The summed E-state index contributed by atoms with van der Waals surface area (Å²) in [5.74, 6) is 0.265. The topological polar surface area (TPSA) is 65.2 Å². The lowest BCUT2D eigenvalue weighted by molar-refractivity contribution is 0.0438. The fraction of sp³-hybridized carbons (Fsp3) is 0.167. The van der Waals surface area contributed by atoms with Crippen molar-refractivity contribution in [3.63, 3.8) is 0 Å². The molecule has 116 valence electrons. The Morgan fingerprint density at radius 1 is 1.04 bits per heavy atom. The van der Waals surface area contributed by atoms with E-state index in [0.29, 0.717) is 11.5 Å². The molecule has 0 saturated heterocycles. The number of aromatic nitrogens is 2. The van der Waals surface area contributed by atoms with Crippen LogP contribution in [0, 0.1) is 13.8 Å². The van der Waals surface area contributed by atoms with Gasteiger partial charge >= 0.3 is 5.97 Å². The normalized spacial score (nSPS) is 10.5. The maximum Gasteiger partial charge on any atom is 0.338 e. The van der Waals surface area contributed by atoms with E-state index in [0.717, 1.165) is 16.7 Å². The van der Waals surface area contributed by atoms with Gasteiger partial charge in [0.1, 0.15) is 0 Å². The summed E-state index contributed by atoms with van der Waals surface area (Å²) in [6.07, 6.45) is 0. The second kappa shape index (κ2) is 6.44. The first-order chi connectivity index (χ1) is 11.1. The minimum Gasteiger partial charge on any atom is -0.452 e. The molecule has 3 rings (SSSR count). The van der Waals surface area contributed by atoms with E-state index in [1.54, 1.807) is 12.1 Å². The van der Waals surface area contributed by atoms with E-state index in [1.807, 2.05) is 50.2 Å². The van der Waals surface area contributed by atoms with Gasteiger partial charge < -0.3 is 9.15 Å². The van der Waals surface area contributed by atoms with E-state index in [9.17, 15) is 4.79 Å². The monoisotopic (exact) mass is 308 g/mol. The first-order valence-electron chi connectivity index (χ1n) is 7.25. The van der Waals surface area contributed by atoms with Crippen molar-refractivity contribution in [3.8, 4) is 11.5 Å². The van der Waals surface area contributed by atoms with Gasteiger partial charge in [-0.2, -0.15) is 0 Å². The van der Waals surface area contributed by atoms with Crippen molar-refractivity contribution in [3.05, 3.63) is 71.1 Å². The molecule has 0 atom stereocenters. The van der Waals surface area contributed by atoms with E-state index < -0.39 is 5.97 Å². The summed E-state index contributed by atoms with van der Waals surface area (Å²) in [5, 5.41) is 7.86. The summed E-state index contributed by atoms with van der Waals surface area (Å²) in [4.78, 5) is 12.1. The summed E-state index contributed by atoms with van der Waals surface area (Å²) in [5.41, 5.74) is 3.37. The van der Waals surface area contributed by atoms with Gasteiger partial charge in [0.2, 0.25) is 5.89 Å². The van der Waals surface area contributed by atoms with Crippen LogP contribution in [-0.2, 0) is 11.3 Å². The minimum atomic E-state index is -0.406. The molecule has 1 heterocycles. The molecule has 0 radical (unpaired) electrons. The molecule has 0 saturated carbocycles. The average molecular weight is 308 g/mol. The Morgan fingerprint density at radius 3 is 2.43 bits per heavy atom. The Kier molecular flexibility index (Phi) is 4.19. The number of aryl methyl sites for hydroxylation is 2. The first kappa shape index (κ1) is 15.0. The zero-order valence-corrected chi connectivity index (χ0v) is 12.9. The zero-order chi connectivity index (χ0) is 16.2. The van der Waals surface area contributed by atoms with Gasteiger partial charge in [-0.1, -0.05) is 35.4 Å². The van der Waals surface area contributed by atoms with E-state index in [2.05, 4.69) is 10.2 Å².